The van der Waals surface area contributed by atoms with E-state index in [1.54, 1.807) is 10.9 Å². The first-order valence-electron chi connectivity index (χ1n) is 6.28. The molecule has 2 aromatic rings. The maximum absolute atomic E-state index is 12.1. The monoisotopic (exact) mass is 262 g/mol. The van der Waals surface area contributed by atoms with Gasteiger partial charge in [-0.25, -0.2) is 0 Å². The molecule has 102 valence electrons. The number of nitrogens with zero attached hydrogens (tertiary/aromatic N) is 3. The number of aromatic amines is 1. The molecule has 0 bridgehead atoms. The smallest absolute Gasteiger partial charge is 0.269 e. The van der Waals surface area contributed by atoms with Crippen LogP contribution in [0.2, 0.25) is 0 Å². The van der Waals surface area contributed by atoms with Gasteiger partial charge in [-0.15, -0.1) is 0 Å². The van der Waals surface area contributed by atoms with Gasteiger partial charge in [0, 0.05) is 18.7 Å². The molecule has 7 nitrogen and oxygen atoms in total. The van der Waals surface area contributed by atoms with Gasteiger partial charge in [0.1, 0.15) is 11.5 Å². The molecule has 4 N–H and O–H groups in total. The molecule has 0 saturated heterocycles. The fourth-order valence-corrected chi connectivity index (χ4v) is 1.79. The van der Waals surface area contributed by atoms with Gasteiger partial charge in [-0.3, -0.25) is 14.6 Å². The first-order valence-corrected chi connectivity index (χ1v) is 6.28. The van der Waals surface area contributed by atoms with Crippen molar-refractivity contribution in [2.45, 2.75) is 33.4 Å². The summed E-state index contributed by atoms with van der Waals surface area (Å²) in [6.45, 7) is 4.97. The zero-order valence-electron chi connectivity index (χ0n) is 11.1. The van der Waals surface area contributed by atoms with Gasteiger partial charge in [-0.05, 0) is 19.4 Å². The summed E-state index contributed by atoms with van der Waals surface area (Å²) in [5.74, 6) is 0.313. The Bertz CT molecular complexity index is 571. The van der Waals surface area contributed by atoms with E-state index in [4.69, 9.17) is 5.73 Å². The van der Waals surface area contributed by atoms with Crippen molar-refractivity contribution in [2.24, 2.45) is 0 Å². The molecule has 0 aliphatic heterocycles. The van der Waals surface area contributed by atoms with E-state index >= 15 is 0 Å². The van der Waals surface area contributed by atoms with Crippen LogP contribution in [0, 0.1) is 0 Å². The Balaban J connectivity index is 2.07. The van der Waals surface area contributed by atoms with Gasteiger partial charge in [0.25, 0.3) is 5.91 Å². The van der Waals surface area contributed by atoms with Crippen LogP contribution in [0.25, 0.3) is 0 Å². The zero-order valence-corrected chi connectivity index (χ0v) is 11.1. The number of hydrogen-bond acceptors (Lipinski definition) is 4. The highest BCUT2D eigenvalue weighted by Crippen LogP contribution is 2.08. The van der Waals surface area contributed by atoms with Crippen molar-refractivity contribution in [3.8, 4) is 0 Å². The van der Waals surface area contributed by atoms with Gasteiger partial charge in [0.05, 0.1) is 11.9 Å². The predicted octanol–water partition coefficient (Wildman–Crippen LogP) is 0.701. The predicted molar refractivity (Wildman–Crippen MR) is 71.4 cm³/mol. The summed E-state index contributed by atoms with van der Waals surface area (Å²) < 4.78 is 1.70. The van der Waals surface area contributed by atoms with Crippen molar-refractivity contribution >= 4 is 11.7 Å². The lowest BCUT2D eigenvalue weighted by molar-refractivity contribution is 0.0940. The molecule has 2 rings (SSSR count). The van der Waals surface area contributed by atoms with Crippen LogP contribution in [0.3, 0.4) is 0 Å². The molecule has 0 atom stereocenters. The minimum Gasteiger partial charge on any atom is -0.384 e. The number of aryl methyl sites for hydroxylation is 2. The van der Waals surface area contributed by atoms with E-state index in [1.807, 2.05) is 19.9 Å². The molecule has 0 aliphatic rings. The average molecular weight is 262 g/mol. The van der Waals surface area contributed by atoms with Crippen molar-refractivity contribution in [1.29, 1.82) is 0 Å². The summed E-state index contributed by atoms with van der Waals surface area (Å²) in [6, 6.07) is 1.82. The molecule has 0 spiro atoms. The number of anilines is 1. The second-order valence-corrected chi connectivity index (χ2v) is 4.18. The third-order valence-corrected chi connectivity index (χ3v) is 2.92. The second-order valence-electron chi connectivity index (χ2n) is 4.18. The summed E-state index contributed by atoms with van der Waals surface area (Å²) in [6.07, 6.45) is 2.41. The average Bonchev–Trinajstić information content (AvgIpc) is 3.01. The van der Waals surface area contributed by atoms with Crippen molar-refractivity contribution in [3.63, 3.8) is 0 Å². The van der Waals surface area contributed by atoms with Gasteiger partial charge in [0.15, 0.2) is 0 Å². The molecule has 0 aliphatic carbocycles. The highest BCUT2D eigenvalue weighted by Gasteiger charge is 2.14. The van der Waals surface area contributed by atoms with Gasteiger partial charge in [-0.2, -0.15) is 10.2 Å². The third kappa shape index (κ3) is 2.75. The molecule has 0 aromatic carbocycles. The second kappa shape index (κ2) is 5.55. The molecule has 2 heterocycles. The molecule has 1 amide bonds. The number of aromatic nitrogens is 4. The first-order chi connectivity index (χ1) is 9.15. The summed E-state index contributed by atoms with van der Waals surface area (Å²) in [7, 11) is 0. The van der Waals surface area contributed by atoms with Crippen molar-refractivity contribution in [3.05, 3.63) is 29.2 Å². The molecular weight excluding hydrogens is 244 g/mol. The van der Waals surface area contributed by atoms with Gasteiger partial charge in [0.2, 0.25) is 0 Å². The SMILES string of the molecule is CCc1cc(C(=O)NCc2cn[nH]c2N)n(CC)n1. The van der Waals surface area contributed by atoms with Gasteiger partial charge in [-0.1, -0.05) is 6.92 Å². The van der Waals surface area contributed by atoms with Crippen LogP contribution in [-0.2, 0) is 19.5 Å². The Morgan fingerprint density at radius 3 is 2.89 bits per heavy atom. The fourth-order valence-electron chi connectivity index (χ4n) is 1.79. The van der Waals surface area contributed by atoms with Crippen LogP contribution >= 0.6 is 0 Å². The van der Waals surface area contributed by atoms with Crippen LogP contribution in [0.4, 0.5) is 5.82 Å². The molecular formula is C12H18N6O. The minimum absolute atomic E-state index is 0.158. The quantitative estimate of drug-likeness (QED) is 0.738. The molecule has 7 heteroatoms. The zero-order chi connectivity index (χ0) is 13.8. The summed E-state index contributed by atoms with van der Waals surface area (Å²) in [5, 5.41) is 13.6. The van der Waals surface area contributed by atoms with Crippen LogP contribution in [0.15, 0.2) is 12.3 Å². The molecule has 0 radical (unpaired) electrons. The number of amides is 1. The largest absolute Gasteiger partial charge is 0.384 e. The van der Waals surface area contributed by atoms with Crippen LogP contribution < -0.4 is 11.1 Å². The summed E-state index contributed by atoms with van der Waals surface area (Å²) >= 11 is 0. The highest BCUT2D eigenvalue weighted by atomic mass is 16.2. The number of rotatable bonds is 5. The Labute approximate surface area is 111 Å². The topological polar surface area (TPSA) is 102 Å². The Kier molecular flexibility index (Phi) is 3.84. The number of carbonyl (C=O) groups is 1. The lowest BCUT2D eigenvalue weighted by Crippen LogP contribution is -2.25. The standard InChI is InChI=1S/C12H18N6O/c1-3-9-5-10(18(4-2)17-9)12(19)14-6-8-7-15-16-11(8)13/h5,7H,3-4,6H2,1-2H3,(H,14,19)(H3,13,15,16). The molecule has 2 aromatic heterocycles. The van der Waals surface area contributed by atoms with Gasteiger partial charge < -0.3 is 11.1 Å². The molecule has 19 heavy (non-hydrogen) atoms. The van der Waals surface area contributed by atoms with Crippen molar-refractivity contribution < 1.29 is 4.79 Å². The van der Waals surface area contributed by atoms with E-state index in [1.165, 1.54) is 0 Å². The van der Waals surface area contributed by atoms with Crippen molar-refractivity contribution in [1.82, 2.24) is 25.3 Å². The van der Waals surface area contributed by atoms with Crippen LogP contribution in [0.1, 0.15) is 35.6 Å². The van der Waals surface area contributed by atoms with Crippen LogP contribution in [-0.4, -0.2) is 25.9 Å². The normalized spacial score (nSPS) is 10.6. The maximum Gasteiger partial charge on any atom is 0.269 e. The van der Waals surface area contributed by atoms with E-state index < -0.39 is 0 Å². The van der Waals surface area contributed by atoms with E-state index in [0.717, 1.165) is 17.7 Å². The Morgan fingerprint density at radius 2 is 2.32 bits per heavy atom. The number of nitrogen functional groups attached to an aromatic ring is 1. The lowest BCUT2D eigenvalue weighted by atomic mass is 10.3. The highest BCUT2D eigenvalue weighted by molar-refractivity contribution is 5.92. The Hall–Kier alpha value is -2.31. The van der Waals surface area contributed by atoms with E-state index in [0.29, 0.717) is 24.6 Å². The first kappa shape index (κ1) is 13.1. The molecule has 0 saturated carbocycles. The summed E-state index contributed by atoms with van der Waals surface area (Å²) in [4.78, 5) is 12.1. The van der Waals surface area contributed by atoms with Crippen LogP contribution in [0.5, 0.6) is 0 Å². The number of carbonyl (C=O) groups excluding carboxylic acids is 1. The molecule has 0 fully saturated rings. The molecule has 0 unspecified atom stereocenters. The number of hydrogen-bond donors (Lipinski definition) is 3. The summed E-state index contributed by atoms with van der Waals surface area (Å²) in [5.41, 5.74) is 7.91. The number of nitrogens with two attached hydrogens (primary N) is 1. The maximum atomic E-state index is 12.1. The van der Waals surface area contributed by atoms with E-state index in [-0.39, 0.29) is 5.91 Å². The van der Waals surface area contributed by atoms with Crippen molar-refractivity contribution in [2.75, 3.05) is 5.73 Å². The van der Waals surface area contributed by atoms with E-state index in [2.05, 4.69) is 20.6 Å². The fraction of sp³-hybridized carbons (Fsp3) is 0.417. The number of nitrogens with one attached hydrogen (secondary N) is 2. The van der Waals surface area contributed by atoms with Gasteiger partial charge >= 0.3 is 0 Å². The lowest BCUT2D eigenvalue weighted by Gasteiger charge is -2.05. The minimum atomic E-state index is -0.158. The van der Waals surface area contributed by atoms with E-state index in [9.17, 15) is 4.79 Å². The Morgan fingerprint density at radius 1 is 1.53 bits per heavy atom. The third-order valence-electron chi connectivity index (χ3n) is 2.92. The number of H-pyrrole nitrogens is 1.